The zero-order valence-electron chi connectivity index (χ0n) is 28.9. The third kappa shape index (κ3) is 11.6. The van der Waals surface area contributed by atoms with E-state index in [1.165, 1.54) is 28.6 Å². The van der Waals surface area contributed by atoms with E-state index in [-0.39, 0.29) is 43.0 Å². The monoisotopic (exact) mass is 704 g/mol. The Bertz CT molecular complexity index is 1460. The molecule has 0 saturated carbocycles. The first-order valence-corrected chi connectivity index (χ1v) is 18.4. The smallest absolute Gasteiger partial charge is 0.407 e. The van der Waals surface area contributed by atoms with Crippen LogP contribution in [0.4, 0.5) is 15.3 Å². The highest BCUT2D eigenvalue weighted by atomic mass is 32.2. The Morgan fingerprint density at radius 3 is 2.47 bits per heavy atom. The predicted molar refractivity (Wildman–Crippen MR) is 184 cm³/mol. The first-order chi connectivity index (χ1) is 23.2. The highest BCUT2D eigenvalue weighted by molar-refractivity contribution is 7.89. The summed E-state index contributed by atoms with van der Waals surface area (Å²) in [5.74, 6) is -0.0596. The summed E-state index contributed by atoms with van der Waals surface area (Å²) in [7, 11) is -4.10. The van der Waals surface area contributed by atoms with E-state index in [4.69, 9.17) is 24.7 Å². The molecule has 0 aromatic heterocycles. The summed E-state index contributed by atoms with van der Waals surface area (Å²) in [4.78, 5) is 25.1. The number of ether oxygens (including phenoxy) is 4. The number of nitrogen functional groups attached to an aromatic ring is 1. The molecule has 272 valence electrons. The quantitative estimate of drug-likeness (QED) is 0.139. The number of sulfonamides is 1. The lowest BCUT2D eigenvalue weighted by Crippen LogP contribution is -2.52. The number of fused-ring (bicyclic) bond motifs is 1. The van der Waals surface area contributed by atoms with E-state index >= 15 is 0 Å². The van der Waals surface area contributed by atoms with Crippen LogP contribution in [0.1, 0.15) is 58.9 Å². The first kappa shape index (κ1) is 38.4. The molecule has 0 bridgehead atoms. The van der Waals surface area contributed by atoms with Crippen molar-refractivity contribution >= 4 is 27.9 Å². The number of rotatable bonds is 17. The fourth-order valence-corrected chi connectivity index (χ4v) is 7.77. The molecule has 49 heavy (non-hydrogen) atoms. The van der Waals surface area contributed by atoms with E-state index in [2.05, 4.69) is 10.6 Å². The lowest BCUT2D eigenvalue weighted by molar-refractivity contribution is -0.0907. The molecule has 2 fully saturated rings. The van der Waals surface area contributed by atoms with E-state index in [1.807, 2.05) is 44.2 Å². The van der Waals surface area contributed by atoms with Gasteiger partial charge in [0.25, 0.3) is 0 Å². The fraction of sp³-hybridized carbons (Fsp3) is 0.600. The zero-order chi connectivity index (χ0) is 35.6. The van der Waals surface area contributed by atoms with Gasteiger partial charge in [-0.3, -0.25) is 0 Å². The second-order valence-corrected chi connectivity index (χ2v) is 15.8. The van der Waals surface area contributed by atoms with Crippen molar-refractivity contribution in [1.29, 1.82) is 0 Å². The number of carbonyl (C=O) groups excluding carboxylic acids is 2. The molecule has 2 heterocycles. The van der Waals surface area contributed by atoms with Gasteiger partial charge in [0.15, 0.2) is 6.29 Å². The number of nitrogens with one attached hydrogen (secondary N) is 2. The summed E-state index contributed by atoms with van der Waals surface area (Å²) in [5, 5.41) is 17.3. The van der Waals surface area contributed by atoms with Crippen LogP contribution >= 0.6 is 0 Å². The van der Waals surface area contributed by atoms with E-state index in [9.17, 15) is 23.1 Å². The molecule has 0 spiro atoms. The summed E-state index contributed by atoms with van der Waals surface area (Å²) in [6.45, 7) is 8.46. The van der Waals surface area contributed by atoms with Gasteiger partial charge < -0.3 is 40.4 Å². The van der Waals surface area contributed by atoms with Crippen LogP contribution in [0.5, 0.6) is 0 Å². The number of amides is 2. The Kier molecular flexibility index (Phi) is 13.7. The standard InChI is InChI=1S/C35H52N4O9S/c1-24(2)47-33(41)37-18-9-8-17-35(3,4)23-39(49(43,44)27-14-12-26(36)13-15-27)21-30(40)29(20-25-10-6-5-7-11-25)38-34(42)48-31-22-46-32-28(31)16-19-45-32/h5-7,10-15,24,28-32,40H,8-9,16-23,36H2,1-4H3,(H,37,41)(H,38,42)/t28-,29+,30-,31-,32+/m1/s1. The topological polar surface area (TPSA) is 179 Å². The molecule has 0 unspecified atom stereocenters. The molecule has 2 saturated heterocycles. The molecule has 2 aliphatic rings. The Morgan fingerprint density at radius 1 is 1.06 bits per heavy atom. The van der Waals surface area contributed by atoms with Gasteiger partial charge in [-0.05, 0) is 74.8 Å². The van der Waals surface area contributed by atoms with Crippen LogP contribution in [0, 0.1) is 11.3 Å². The zero-order valence-corrected chi connectivity index (χ0v) is 29.7. The Balaban J connectivity index is 1.48. The van der Waals surface area contributed by atoms with Crippen molar-refractivity contribution in [1.82, 2.24) is 14.9 Å². The molecule has 2 aromatic rings. The van der Waals surface area contributed by atoms with Crippen molar-refractivity contribution in [2.75, 3.05) is 38.6 Å². The van der Waals surface area contributed by atoms with E-state index in [1.54, 1.807) is 13.8 Å². The van der Waals surface area contributed by atoms with Crippen LogP contribution in [0.15, 0.2) is 59.5 Å². The second kappa shape index (κ2) is 17.5. The lowest BCUT2D eigenvalue weighted by atomic mass is 9.87. The summed E-state index contributed by atoms with van der Waals surface area (Å²) in [6.07, 6.45) is -0.599. The van der Waals surface area contributed by atoms with E-state index < -0.39 is 52.2 Å². The van der Waals surface area contributed by atoms with Crippen molar-refractivity contribution in [3.8, 4) is 0 Å². The third-order valence-corrected chi connectivity index (χ3v) is 10.5. The molecule has 5 atom stereocenters. The molecule has 2 aromatic carbocycles. The lowest BCUT2D eigenvalue weighted by Gasteiger charge is -2.35. The summed E-state index contributed by atoms with van der Waals surface area (Å²) in [5.41, 5.74) is 6.60. The average Bonchev–Trinajstić information content (AvgIpc) is 3.65. The van der Waals surface area contributed by atoms with Crippen molar-refractivity contribution < 1.29 is 42.1 Å². The number of anilines is 1. The van der Waals surface area contributed by atoms with Crippen molar-refractivity contribution in [2.45, 2.75) is 95.3 Å². The Labute approximate surface area is 289 Å². The van der Waals surface area contributed by atoms with Gasteiger partial charge in [-0.2, -0.15) is 4.31 Å². The highest BCUT2D eigenvalue weighted by Crippen LogP contribution is 2.33. The van der Waals surface area contributed by atoms with Gasteiger partial charge in [-0.15, -0.1) is 0 Å². The number of nitrogens with two attached hydrogens (primary N) is 1. The minimum atomic E-state index is -4.10. The number of aliphatic hydroxyl groups is 1. The van der Waals surface area contributed by atoms with Gasteiger partial charge in [0.1, 0.15) is 6.10 Å². The molecule has 2 amide bonds. The minimum Gasteiger partial charge on any atom is -0.447 e. The summed E-state index contributed by atoms with van der Waals surface area (Å²) < 4.78 is 51.5. The maximum absolute atomic E-state index is 14.1. The van der Waals surface area contributed by atoms with Gasteiger partial charge >= 0.3 is 12.2 Å². The molecule has 0 aliphatic carbocycles. The highest BCUT2D eigenvalue weighted by Gasteiger charge is 2.44. The van der Waals surface area contributed by atoms with Crippen molar-refractivity contribution in [2.24, 2.45) is 11.3 Å². The normalized spacial score (nSPS) is 20.5. The predicted octanol–water partition coefficient (Wildman–Crippen LogP) is 4.05. The van der Waals surface area contributed by atoms with Crippen molar-refractivity contribution in [3.05, 3.63) is 60.2 Å². The number of benzene rings is 2. The number of carbonyl (C=O) groups is 2. The SMILES string of the molecule is CC(C)OC(=O)NCCCCC(C)(C)CN(C[C@@H](O)[C@H](Cc1ccccc1)NC(=O)O[C@@H]1CO[C@@H]2OCC[C@@H]21)S(=O)(=O)c1ccc(N)cc1. The van der Waals surface area contributed by atoms with Gasteiger partial charge in [0.05, 0.1) is 42.3 Å². The first-order valence-electron chi connectivity index (χ1n) is 17.0. The van der Waals surface area contributed by atoms with Crippen LogP contribution in [-0.4, -0.2) is 93.5 Å². The molecular formula is C35H52N4O9S. The second-order valence-electron chi connectivity index (χ2n) is 13.8. The van der Waals surface area contributed by atoms with Gasteiger partial charge in [0, 0.05) is 25.3 Å². The maximum Gasteiger partial charge on any atom is 0.407 e. The van der Waals surface area contributed by atoms with Crippen molar-refractivity contribution in [3.63, 3.8) is 0 Å². The Hall–Kier alpha value is -3.43. The number of alkyl carbamates (subject to hydrolysis) is 2. The molecule has 4 rings (SSSR count). The number of hydrogen-bond acceptors (Lipinski definition) is 10. The van der Waals surface area contributed by atoms with Gasteiger partial charge in [-0.1, -0.05) is 50.6 Å². The Morgan fingerprint density at radius 2 is 1.78 bits per heavy atom. The minimum absolute atomic E-state index is 0.0408. The summed E-state index contributed by atoms with van der Waals surface area (Å²) in [6, 6.07) is 14.4. The number of hydrogen-bond donors (Lipinski definition) is 4. The van der Waals surface area contributed by atoms with Crippen LogP contribution < -0.4 is 16.4 Å². The van der Waals surface area contributed by atoms with E-state index in [0.29, 0.717) is 38.1 Å². The van der Waals surface area contributed by atoms with Crippen LogP contribution in [0.2, 0.25) is 0 Å². The fourth-order valence-electron chi connectivity index (χ4n) is 6.13. The van der Waals surface area contributed by atoms with E-state index in [0.717, 1.165) is 12.0 Å². The molecule has 2 aliphatic heterocycles. The number of unbranched alkanes of at least 4 members (excludes halogenated alkanes) is 1. The number of nitrogens with zero attached hydrogens (tertiary/aromatic N) is 1. The largest absolute Gasteiger partial charge is 0.447 e. The third-order valence-electron chi connectivity index (χ3n) is 8.72. The van der Waals surface area contributed by atoms with Crippen LogP contribution in [0.25, 0.3) is 0 Å². The van der Waals surface area contributed by atoms with Crippen LogP contribution in [0.3, 0.4) is 0 Å². The van der Waals surface area contributed by atoms with Gasteiger partial charge in [-0.25, -0.2) is 18.0 Å². The molecule has 13 nitrogen and oxygen atoms in total. The molecule has 0 radical (unpaired) electrons. The number of aliphatic hydroxyl groups excluding tert-OH is 1. The molecule has 5 N–H and O–H groups in total. The molecule has 14 heteroatoms. The van der Waals surface area contributed by atoms with Gasteiger partial charge in [0.2, 0.25) is 10.0 Å². The molecular weight excluding hydrogens is 652 g/mol. The maximum atomic E-state index is 14.1. The average molecular weight is 705 g/mol. The summed E-state index contributed by atoms with van der Waals surface area (Å²) >= 11 is 0. The van der Waals surface area contributed by atoms with Crippen LogP contribution in [-0.2, 0) is 35.4 Å².